The van der Waals surface area contributed by atoms with Gasteiger partial charge in [-0.1, -0.05) is 19.1 Å². The van der Waals surface area contributed by atoms with E-state index >= 15 is 0 Å². The minimum Gasteiger partial charge on any atom is -0.324 e. The molecular weight excluding hydrogens is 198 g/mol. The molecule has 1 rings (SSSR count). The number of hydrogen-bond acceptors (Lipinski definition) is 3. The Morgan fingerprint density at radius 1 is 1.43 bits per heavy atom. The zero-order valence-electron chi connectivity index (χ0n) is 8.40. The Bertz CT molecular complexity index is 412. The number of sulfone groups is 1. The van der Waals surface area contributed by atoms with E-state index in [4.69, 9.17) is 5.73 Å². The fraction of sp³-hybridized carbons (Fsp3) is 0.400. The van der Waals surface area contributed by atoms with Crippen molar-refractivity contribution < 1.29 is 8.42 Å². The minimum atomic E-state index is -3.12. The van der Waals surface area contributed by atoms with E-state index in [2.05, 4.69) is 0 Å². The van der Waals surface area contributed by atoms with E-state index in [0.717, 1.165) is 12.0 Å². The third kappa shape index (κ3) is 2.56. The van der Waals surface area contributed by atoms with Crippen LogP contribution in [0.2, 0.25) is 0 Å². The van der Waals surface area contributed by atoms with Crippen molar-refractivity contribution in [3.8, 4) is 0 Å². The van der Waals surface area contributed by atoms with Gasteiger partial charge >= 0.3 is 0 Å². The Balaban J connectivity index is 3.14. The van der Waals surface area contributed by atoms with Crippen molar-refractivity contribution in [1.82, 2.24) is 0 Å². The summed E-state index contributed by atoms with van der Waals surface area (Å²) in [6.07, 6.45) is 2.00. The smallest absolute Gasteiger partial charge is 0.175 e. The molecule has 0 aliphatic heterocycles. The van der Waals surface area contributed by atoms with E-state index in [-0.39, 0.29) is 6.04 Å². The summed E-state index contributed by atoms with van der Waals surface area (Å²) in [6, 6.07) is 6.71. The molecule has 0 saturated heterocycles. The van der Waals surface area contributed by atoms with Gasteiger partial charge in [0.25, 0.3) is 0 Å². The van der Waals surface area contributed by atoms with Crippen molar-refractivity contribution in [2.45, 2.75) is 24.3 Å². The third-order valence-corrected chi connectivity index (χ3v) is 3.26. The van der Waals surface area contributed by atoms with Crippen LogP contribution in [0, 0.1) is 0 Å². The molecule has 2 N–H and O–H groups in total. The normalized spacial score (nSPS) is 13.9. The van der Waals surface area contributed by atoms with Crippen LogP contribution in [0.3, 0.4) is 0 Å². The van der Waals surface area contributed by atoms with E-state index in [1.807, 2.05) is 13.0 Å². The maximum atomic E-state index is 11.3. The monoisotopic (exact) mass is 213 g/mol. The highest BCUT2D eigenvalue weighted by Gasteiger charge is 2.09. The lowest BCUT2D eigenvalue weighted by molar-refractivity contribution is 0.601. The molecule has 0 unspecified atom stereocenters. The van der Waals surface area contributed by atoms with Crippen LogP contribution in [0.5, 0.6) is 0 Å². The van der Waals surface area contributed by atoms with Crippen LogP contribution < -0.4 is 5.73 Å². The molecule has 0 amide bonds. The van der Waals surface area contributed by atoms with Gasteiger partial charge in [0.1, 0.15) is 0 Å². The Morgan fingerprint density at radius 3 is 2.57 bits per heavy atom. The lowest BCUT2D eigenvalue weighted by Crippen LogP contribution is -2.09. The highest BCUT2D eigenvalue weighted by Crippen LogP contribution is 2.17. The summed E-state index contributed by atoms with van der Waals surface area (Å²) < 4.78 is 22.5. The topological polar surface area (TPSA) is 60.2 Å². The van der Waals surface area contributed by atoms with Gasteiger partial charge in [-0.15, -0.1) is 0 Å². The van der Waals surface area contributed by atoms with Crippen LogP contribution in [0.4, 0.5) is 0 Å². The molecule has 14 heavy (non-hydrogen) atoms. The third-order valence-electron chi connectivity index (χ3n) is 2.15. The molecule has 1 aromatic rings. The number of rotatable bonds is 3. The molecule has 0 fully saturated rings. The van der Waals surface area contributed by atoms with Crippen LogP contribution in [0.1, 0.15) is 24.9 Å². The molecule has 0 radical (unpaired) electrons. The quantitative estimate of drug-likeness (QED) is 0.827. The molecule has 0 aliphatic carbocycles. The van der Waals surface area contributed by atoms with E-state index in [1.165, 1.54) is 6.26 Å². The molecular formula is C10H15NO2S. The Labute approximate surface area is 84.9 Å². The van der Waals surface area contributed by atoms with Gasteiger partial charge in [0.05, 0.1) is 4.90 Å². The van der Waals surface area contributed by atoms with Crippen molar-refractivity contribution in [2.75, 3.05) is 6.26 Å². The molecule has 0 aliphatic rings. The largest absolute Gasteiger partial charge is 0.324 e. The molecule has 0 aromatic heterocycles. The van der Waals surface area contributed by atoms with Crippen LogP contribution in [0.25, 0.3) is 0 Å². The van der Waals surface area contributed by atoms with Crippen molar-refractivity contribution >= 4 is 9.84 Å². The van der Waals surface area contributed by atoms with Crippen LogP contribution in [0.15, 0.2) is 29.2 Å². The van der Waals surface area contributed by atoms with Crippen molar-refractivity contribution in [3.63, 3.8) is 0 Å². The van der Waals surface area contributed by atoms with Crippen LogP contribution in [-0.4, -0.2) is 14.7 Å². The second kappa shape index (κ2) is 4.11. The van der Waals surface area contributed by atoms with E-state index in [0.29, 0.717) is 4.90 Å². The summed E-state index contributed by atoms with van der Waals surface area (Å²) in [5, 5.41) is 0. The summed E-state index contributed by atoms with van der Waals surface area (Å²) in [7, 11) is -3.12. The second-order valence-corrected chi connectivity index (χ2v) is 5.38. The predicted molar refractivity (Wildman–Crippen MR) is 56.8 cm³/mol. The van der Waals surface area contributed by atoms with Gasteiger partial charge in [-0.25, -0.2) is 8.42 Å². The molecule has 4 heteroatoms. The fourth-order valence-electron chi connectivity index (χ4n) is 1.21. The van der Waals surface area contributed by atoms with E-state index < -0.39 is 9.84 Å². The number of benzene rings is 1. The summed E-state index contributed by atoms with van der Waals surface area (Å²) in [5.74, 6) is 0. The number of nitrogens with two attached hydrogens (primary N) is 1. The minimum absolute atomic E-state index is 0.0864. The summed E-state index contributed by atoms with van der Waals surface area (Å²) >= 11 is 0. The Hall–Kier alpha value is -0.870. The predicted octanol–water partition coefficient (Wildman–Crippen LogP) is 1.50. The highest BCUT2D eigenvalue weighted by atomic mass is 32.2. The second-order valence-electron chi connectivity index (χ2n) is 3.36. The van der Waals surface area contributed by atoms with E-state index in [9.17, 15) is 8.42 Å². The maximum Gasteiger partial charge on any atom is 0.175 e. The van der Waals surface area contributed by atoms with Gasteiger partial charge in [-0.3, -0.25) is 0 Å². The van der Waals surface area contributed by atoms with Gasteiger partial charge in [0, 0.05) is 12.3 Å². The van der Waals surface area contributed by atoms with E-state index in [1.54, 1.807) is 18.2 Å². The summed E-state index contributed by atoms with van der Waals surface area (Å²) in [4.78, 5) is 0.332. The van der Waals surface area contributed by atoms with Crippen LogP contribution in [-0.2, 0) is 9.84 Å². The molecule has 3 nitrogen and oxygen atoms in total. The summed E-state index contributed by atoms with van der Waals surface area (Å²) in [6.45, 7) is 1.97. The van der Waals surface area contributed by atoms with Crippen molar-refractivity contribution in [3.05, 3.63) is 29.8 Å². The average molecular weight is 213 g/mol. The molecule has 1 aromatic carbocycles. The van der Waals surface area contributed by atoms with Gasteiger partial charge in [-0.2, -0.15) is 0 Å². The molecule has 78 valence electrons. The fourth-order valence-corrected chi connectivity index (χ4v) is 1.89. The molecule has 0 heterocycles. The zero-order chi connectivity index (χ0) is 10.8. The van der Waals surface area contributed by atoms with Gasteiger partial charge in [0.15, 0.2) is 9.84 Å². The molecule has 0 bridgehead atoms. The van der Waals surface area contributed by atoms with Crippen molar-refractivity contribution in [2.24, 2.45) is 5.73 Å². The zero-order valence-corrected chi connectivity index (χ0v) is 9.21. The first-order chi connectivity index (χ1) is 6.45. The lowest BCUT2D eigenvalue weighted by atomic mass is 10.1. The number of hydrogen-bond donors (Lipinski definition) is 1. The van der Waals surface area contributed by atoms with Gasteiger partial charge in [-0.05, 0) is 24.1 Å². The van der Waals surface area contributed by atoms with Crippen molar-refractivity contribution in [1.29, 1.82) is 0 Å². The first-order valence-corrected chi connectivity index (χ1v) is 6.40. The molecule has 0 spiro atoms. The highest BCUT2D eigenvalue weighted by molar-refractivity contribution is 7.90. The molecule has 1 atom stereocenters. The summed E-state index contributed by atoms with van der Waals surface area (Å²) in [5.41, 5.74) is 6.68. The first-order valence-electron chi connectivity index (χ1n) is 4.50. The lowest BCUT2D eigenvalue weighted by Gasteiger charge is -2.09. The Kier molecular flexibility index (Phi) is 3.29. The molecule has 0 saturated carbocycles. The first kappa shape index (κ1) is 11.2. The van der Waals surface area contributed by atoms with Gasteiger partial charge in [0.2, 0.25) is 0 Å². The average Bonchev–Trinajstić information content (AvgIpc) is 2.15. The maximum absolute atomic E-state index is 11.3. The standard InChI is InChI=1S/C10H15NO2S/c1-3-10(11)8-5-4-6-9(7-8)14(2,12)13/h4-7,10H,3,11H2,1-2H3/t10-/m0/s1. The van der Waals surface area contributed by atoms with Crippen LogP contribution >= 0.6 is 0 Å². The van der Waals surface area contributed by atoms with Gasteiger partial charge < -0.3 is 5.73 Å². The SMILES string of the molecule is CC[C@H](N)c1cccc(S(C)(=O)=O)c1. The Morgan fingerprint density at radius 2 is 2.07 bits per heavy atom.